The van der Waals surface area contributed by atoms with E-state index in [1.165, 1.54) is 6.42 Å². The van der Waals surface area contributed by atoms with Crippen LogP contribution in [-0.4, -0.2) is 32.2 Å². The molecule has 0 bridgehead atoms. The van der Waals surface area contributed by atoms with E-state index >= 15 is 0 Å². The zero-order valence-corrected chi connectivity index (χ0v) is 17.0. The van der Waals surface area contributed by atoms with Crippen molar-refractivity contribution in [3.63, 3.8) is 0 Å². The molecule has 0 aliphatic heterocycles. The second kappa shape index (κ2) is 8.86. The molecule has 3 N–H and O–H groups in total. The van der Waals surface area contributed by atoms with Crippen molar-refractivity contribution in [1.29, 1.82) is 0 Å². The molecule has 4 rings (SSSR count). The van der Waals surface area contributed by atoms with Crippen LogP contribution in [0.5, 0.6) is 0 Å². The van der Waals surface area contributed by atoms with Crippen LogP contribution in [0, 0.1) is 6.92 Å². The van der Waals surface area contributed by atoms with E-state index < -0.39 is 0 Å². The topological polar surface area (TPSA) is 110 Å². The van der Waals surface area contributed by atoms with Gasteiger partial charge >= 0.3 is 6.03 Å². The van der Waals surface area contributed by atoms with Crippen molar-refractivity contribution >= 4 is 23.4 Å². The Kier molecular flexibility index (Phi) is 5.83. The van der Waals surface area contributed by atoms with Crippen molar-refractivity contribution in [2.45, 2.75) is 45.1 Å². The number of aromatic nitrogens is 4. The summed E-state index contributed by atoms with van der Waals surface area (Å²) in [5, 5.41) is 10.6. The fourth-order valence-electron chi connectivity index (χ4n) is 3.85. The predicted molar refractivity (Wildman–Crippen MR) is 117 cm³/mol. The molecule has 1 saturated carbocycles. The van der Waals surface area contributed by atoms with Gasteiger partial charge in [-0.15, -0.1) is 5.10 Å². The third-order valence-corrected chi connectivity index (χ3v) is 5.41. The quantitative estimate of drug-likeness (QED) is 0.676. The number of anilines is 3. The molecule has 3 aromatic rings. The molecule has 1 aliphatic carbocycles. The van der Waals surface area contributed by atoms with Crippen molar-refractivity contribution in [2.75, 3.05) is 16.0 Å². The van der Waals surface area contributed by atoms with Gasteiger partial charge in [-0.1, -0.05) is 19.3 Å². The highest BCUT2D eigenvalue weighted by Crippen LogP contribution is 2.33. The molecule has 2 amide bonds. The Bertz CT molecular complexity index is 1020. The largest absolute Gasteiger partial charge is 0.396 e. The van der Waals surface area contributed by atoms with Gasteiger partial charge < -0.3 is 5.73 Å². The molecule has 0 atom stereocenters. The number of amides is 2. The normalized spacial score (nSPS) is 14.3. The van der Waals surface area contributed by atoms with Crippen LogP contribution in [0.25, 0.3) is 11.3 Å². The number of hydrogen-bond donors (Lipinski definition) is 2. The summed E-state index contributed by atoms with van der Waals surface area (Å²) >= 11 is 0. The second-order valence-electron chi connectivity index (χ2n) is 7.50. The smallest absolute Gasteiger partial charge is 0.329 e. The molecule has 0 spiro atoms. The highest BCUT2D eigenvalue weighted by Gasteiger charge is 2.30. The third kappa shape index (κ3) is 4.22. The minimum absolute atomic E-state index is 0.0236. The average molecular weight is 403 g/mol. The number of urea groups is 1. The summed E-state index contributed by atoms with van der Waals surface area (Å²) in [5.74, 6) is 0.852. The van der Waals surface area contributed by atoms with Gasteiger partial charge in [0.15, 0.2) is 11.6 Å². The van der Waals surface area contributed by atoms with Crippen molar-refractivity contribution in [2.24, 2.45) is 0 Å². The molecule has 3 aromatic heterocycles. The molecule has 8 heteroatoms. The van der Waals surface area contributed by atoms with Crippen LogP contribution in [0.15, 0.2) is 48.9 Å². The van der Waals surface area contributed by atoms with E-state index in [-0.39, 0.29) is 12.1 Å². The zero-order chi connectivity index (χ0) is 20.9. The molecular formula is C22H25N7O. The first-order chi connectivity index (χ1) is 14.6. The van der Waals surface area contributed by atoms with E-state index in [2.05, 4.69) is 20.5 Å². The number of nitrogens with two attached hydrogens (primary N) is 1. The van der Waals surface area contributed by atoms with Gasteiger partial charge in [-0.25, -0.2) is 9.78 Å². The summed E-state index contributed by atoms with van der Waals surface area (Å²) in [6, 6.07) is 8.75. The lowest BCUT2D eigenvalue weighted by Gasteiger charge is -2.34. The van der Waals surface area contributed by atoms with Crippen molar-refractivity contribution in [3.8, 4) is 11.3 Å². The number of nitrogen functional groups attached to an aromatic ring is 1. The molecule has 0 aromatic carbocycles. The van der Waals surface area contributed by atoms with Crippen LogP contribution >= 0.6 is 0 Å². The molecule has 1 fully saturated rings. The van der Waals surface area contributed by atoms with Gasteiger partial charge in [0.1, 0.15) is 0 Å². The van der Waals surface area contributed by atoms with Crippen LogP contribution in [0.2, 0.25) is 0 Å². The molecular weight excluding hydrogens is 378 g/mol. The highest BCUT2D eigenvalue weighted by atomic mass is 16.2. The van der Waals surface area contributed by atoms with Crippen LogP contribution in [-0.2, 0) is 0 Å². The lowest BCUT2D eigenvalue weighted by molar-refractivity contribution is 0.252. The van der Waals surface area contributed by atoms with Crippen LogP contribution in [0.3, 0.4) is 0 Å². The van der Waals surface area contributed by atoms with Crippen molar-refractivity contribution in [1.82, 2.24) is 20.2 Å². The fourth-order valence-corrected chi connectivity index (χ4v) is 3.85. The Balaban J connectivity index is 1.73. The number of aryl methyl sites for hydroxylation is 1. The lowest BCUT2D eigenvalue weighted by atomic mass is 9.94. The maximum absolute atomic E-state index is 13.3. The Labute approximate surface area is 175 Å². The number of nitrogens with zero attached hydrogens (tertiary/aromatic N) is 5. The molecule has 8 nitrogen and oxygen atoms in total. The summed E-state index contributed by atoms with van der Waals surface area (Å²) in [4.78, 5) is 24.0. The van der Waals surface area contributed by atoms with Crippen molar-refractivity contribution < 1.29 is 4.79 Å². The van der Waals surface area contributed by atoms with E-state index in [0.29, 0.717) is 17.3 Å². The number of pyridine rings is 2. The van der Waals surface area contributed by atoms with Crippen LogP contribution < -0.4 is 16.0 Å². The van der Waals surface area contributed by atoms with Gasteiger partial charge in [0.2, 0.25) is 0 Å². The standard InChI is InChI=1S/C22H25N7O/c1-15-11-13-24-14-17(15)19-10-9-18(23)21(26-19)29(16-6-3-2-4-7-16)22(30)27-20-8-5-12-25-28-20/h5,8-14,16H,2-4,6-7,23H2,1H3,(H,27,28,30). The van der Waals surface area contributed by atoms with Gasteiger partial charge in [0.05, 0.1) is 11.4 Å². The molecule has 154 valence electrons. The van der Waals surface area contributed by atoms with Gasteiger partial charge in [0.25, 0.3) is 0 Å². The zero-order valence-electron chi connectivity index (χ0n) is 17.0. The molecule has 0 radical (unpaired) electrons. The Morgan fingerprint density at radius 1 is 1.13 bits per heavy atom. The van der Waals surface area contributed by atoms with E-state index in [4.69, 9.17) is 10.7 Å². The molecule has 1 aliphatic rings. The minimum Gasteiger partial charge on any atom is -0.396 e. The maximum atomic E-state index is 13.3. The van der Waals surface area contributed by atoms with Crippen molar-refractivity contribution in [3.05, 3.63) is 54.5 Å². The first-order valence-corrected chi connectivity index (χ1v) is 10.2. The average Bonchev–Trinajstić information content (AvgIpc) is 2.77. The number of carbonyl (C=O) groups is 1. The summed E-state index contributed by atoms with van der Waals surface area (Å²) in [6.45, 7) is 2.01. The highest BCUT2D eigenvalue weighted by molar-refractivity contribution is 6.03. The van der Waals surface area contributed by atoms with Gasteiger partial charge in [-0.3, -0.25) is 15.2 Å². The van der Waals surface area contributed by atoms with E-state index in [0.717, 1.165) is 42.5 Å². The first-order valence-electron chi connectivity index (χ1n) is 10.2. The van der Waals surface area contributed by atoms with E-state index in [1.54, 1.807) is 41.7 Å². The SMILES string of the molecule is Cc1ccncc1-c1ccc(N)c(N(C(=O)Nc2cccnn2)C2CCCCC2)n1. The number of rotatable bonds is 4. The molecule has 0 saturated heterocycles. The van der Waals surface area contributed by atoms with E-state index in [9.17, 15) is 4.79 Å². The third-order valence-electron chi connectivity index (χ3n) is 5.41. The number of hydrogen-bond acceptors (Lipinski definition) is 6. The van der Waals surface area contributed by atoms with Gasteiger partial charge in [-0.05, 0) is 55.7 Å². The minimum atomic E-state index is -0.304. The number of nitrogens with one attached hydrogen (secondary N) is 1. The Morgan fingerprint density at radius 3 is 2.70 bits per heavy atom. The summed E-state index contributed by atoms with van der Waals surface area (Å²) < 4.78 is 0. The van der Waals surface area contributed by atoms with Crippen LogP contribution in [0.1, 0.15) is 37.7 Å². The Morgan fingerprint density at radius 2 is 1.97 bits per heavy atom. The number of carbonyl (C=O) groups excluding carboxylic acids is 1. The lowest BCUT2D eigenvalue weighted by Crippen LogP contribution is -2.45. The molecule has 30 heavy (non-hydrogen) atoms. The fraction of sp³-hybridized carbons (Fsp3) is 0.318. The second-order valence-corrected chi connectivity index (χ2v) is 7.50. The molecule has 3 heterocycles. The first kappa shape index (κ1) is 19.8. The monoisotopic (exact) mass is 403 g/mol. The maximum Gasteiger partial charge on any atom is 0.329 e. The van der Waals surface area contributed by atoms with E-state index in [1.807, 2.05) is 19.1 Å². The summed E-state index contributed by atoms with van der Waals surface area (Å²) in [7, 11) is 0. The van der Waals surface area contributed by atoms with Gasteiger partial charge in [-0.2, -0.15) is 5.10 Å². The molecule has 0 unspecified atom stereocenters. The predicted octanol–water partition coefficient (Wildman–Crippen LogP) is 4.20. The van der Waals surface area contributed by atoms with Gasteiger partial charge in [0, 0.05) is 30.2 Å². The van der Waals surface area contributed by atoms with Crippen LogP contribution in [0.4, 0.5) is 22.1 Å². The summed E-state index contributed by atoms with van der Waals surface area (Å²) in [6.07, 6.45) is 10.2. The Hall–Kier alpha value is -3.55. The summed E-state index contributed by atoms with van der Waals surface area (Å²) in [5.41, 5.74) is 9.48.